The van der Waals surface area contributed by atoms with E-state index in [4.69, 9.17) is 49.5 Å². The van der Waals surface area contributed by atoms with Gasteiger partial charge in [-0.15, -0.1) is 0 Å². The summed E-state index contributed by atoms with van der Waals surface area (Å²) in [5.41, 5.74) is 0. The van der Waals surface area contributed by atoms with E-state index in [0.29, 0.717) is 0 Å². The number of carboxylic acids is 5. The molecule has 0 aliphatic carbocycles. The molecule has 13 nitrogen and oxygen atoms in total. The number of carbonyl (C=O) groups excluding carboxylic acids is 5. The van der Waals surface area contributed by atoms with E-state index in [1.54, 1.807) is 0 Å². The fourth-order valence-electron chi connectivity index (χ4n) is 0.250. The molecule has 0 saturated carbocycles. The molecule has 0 aromatic carbocycles. The zero-order valence-electron chi connectivity index (χ0n) is 21.9. The van der Waals surface area contributed by atoms with Gasteiger partial charge < -0.3 is 67.1 Å². The van der Waals surface area contributed by atoms with E-state index in [9.17, 15) is 0 Å². The molecule has 168 valence electrons. The smallest absolute Gasteiger partial charge is 0.550 e. The van der Waals surface area contributed by atoms with Gasteiger partial charge in [-0.25, -0.2) is 0 Å². The Morgan fingerprint density at radius 1 is 0.469 bits per heavy atom. The van der Waals surface area contributed by atoms with Crippen LogP contribution in [0.3, 0.4) is 0 Å². The van der Waals surface area contributed by atoms with Gasteiger partial charge in [-0.1, -0.05) is 13.8 Å². The molecule has 0 saturated heterocycles. The maximum Gasteiger partial charge on any atom is 1.00 e. The third-order valence-corrected chi connectivity index (χ3v) is 0.500. The van der Waals surface area contributed by atoms with Crippen LogP contribution in [0.5, 0.6) is 0 Å². The van der Waals surface area contributed by atoms with Crippen LogP contribution in [-0.2, 0) is 24.0 Å². The van der Waals surface area contributed by atoms with Crippen LogP contribution < -0.4 is 191 Å². The molecular weight excluding hydrogens is 485 g/mol. The second-order valence-electron chi connectivity index (χ2n) is 3.42. The molecule has 0 spiro atoms. The summed E-state index contributed by atoms with van der Waals surface area (Å²) in [5.74, 6) is -5.42. The number of hydrogen-bond donors (Lipinski definition) is 3. The Labute approximate surface area is 301 Å². The maximum atomic E-state index is 8.89. The summed E-state index contributed by atoms with van der Waals surface area (Å²) in [4.78, 5) is 44.4. The minimum atomic E-state index is -1.08. The molecule has 0 aromatic rings. The summed E-state index contributed by atoms with van der Waals surface area (Å²) >= 11 is 0. The van der Waals surface area contributed by atoms with Gasteiger partial charge in [-0.3, -0.25) is 0 Å². The summed E-state index contributed by atoms with van der Waals surface area (Å²) in [6.45, 7) is 11.2. The number of nitrogens with one attached hydrogen (secondary N) is 1. The second kappa shape index (κ2) is 84.3. The van der Waals surface area contributed by atoms with Crippen LogP contribution in [0.25, 0.3) is 0 Å². The minimum Gasteiger partial charge on any atom is -0.550 e. The number of rotatable bonds is 2. The Bertz CT molecular complexity index is 278. The van der Waals surface area contributed by atoms with Gasteiger partial charge in [0, 0.05) is 29.8 Å². The first-order chi connectivity index (χ1) is 11.1. The molecule has 0 radical (unpaired) electrons. The van der Waals surface area contributed by atoms with Gasteiger partial charge in [0.15, 0.2) is 0 Å². The molecule has 0 aromatic heterocycles. The first-order valence-electron chi connectivity index (χ1n) is 6.66. The number of carbonyl (C=O) groups is 5. The van der Waals surface area contributed by atoms with Gasteiger partial charge in [0.05, 0.1) is 0 Å². The predicted octanol–water partition coefficient (Wildman–Crippen LogP) is -20.3. The Kier molecular flexibility index (Phi) is 221. The largest absolute Gasteiger partial charge is 1.00 e. The molecule has 0 atom stereocenters. The molecular formula is C14H32N3Na5O10. The number of aliphatic carboxylic acids is 5. The van der Waals surface area contributed by atoms with Crippen LogP contribution in [0.2, 0.25) is 0 Å². The molecule has 0 unspecified atom stereocenters. The van der Waals surface area contributed by atoms with Crippen molar-refractivity contribution in [3.8, 4) is 0 Å². The van der Waals surface area contributed by atoms with Gasteiger partial charge in [0.2, 0.25) is 0 Å². The molecule has 0 rings (SSSR count). The zero-order valence-corrected chi connectivity index (χ0v) is 31.9. The minimum absolute atomic E-state index is 0. The van der Waals surface area contributed by atoms with Gasteiger partial charge in [-0.2, -0.15) is 0 Å². The third kappa shape index (κ3) is 1760. The van der Waals surface area contributed by atoms with E-state index in [-0.39, 0.29) is 160 Å². The van der Waals surface area contributed by atoms with Gasteiger partial charge in [0.25, 0.3) is 0 Å². The van der Waals surface area contributed by atoms with Crippen LogP contribution in [0.1, 0.15) is 48.5 Å². The topological polar surface area (TPSA) is 283 Å². The predicted molar refractivity (Wildman–Crippen MR) is 87.7 cm³/mol. The quantitative estimate of drug-likeness (QED) is 0.287. The average molecular weight is 517 g/mol. The summed E-state index contributed by atoms with van der Waals surface area (Å²) in [6, 6.07) is 0. The third-order valence-electron chi connectivity index (χ3n) is 0.500. The number of carboxylic acid groups (broad SMARTS) is 5. The van der Waals surface area contributed by atoms with Crippen molar-refractivity contribution in [3.05, 3.63) is 0 Å². The average Bonchev–Trinajstić information content (AvgIpc) is 2.25. The molecule has 0 bridgehead atoms. The van der Waals surface area contributed by atoms with E-state index in [1.807, 2.05) is 0 Å². The Morgan fingerprint density at radius 3 is 0.531 bits per heavy atom. The first kappa shape index (κ1) is 83.9. The zero-order chi connectivity index (χ0) is 22.0. The van der Waals surface area contributed by atoms with Gasteiger partial charge in [0.1, 0.15) is 0 Å². The van der Waals surface area contributed by atoms with Crippen molar-refractivity contribution in [1.29, 1.82) is 0 Å². The summed E-state index contributed by atoms with van der Waals surface area (Å²) in [7, 11) is 0. The summed E-state index contributed by atoms with van der Waals surface area (Å²) < 4.78 is 0. The van der Waals surface area contributed by atoms with Crippen molar-refractivity contribution in [1.82, 2.24) is 17.6 Å². The summed E-state index contributed by atoms with van der Waals surface area (Å²) in [6.07, 6.45) is 0. The van der Waals surface area contributed by atoms with Gasteiger partial charge in [-0.05, 0) is 47.7 Å². The van der Waals surface area contributed by atoms with Crippen LogP contribution >= 0.6 is 0 Å². The molecule has 0 aliphatic heterocycles. The Morgan fingerprint density at radius 2 is 0.531 bits per heavy atom. The molecule has 32 heavy (non-hydrogen) atoms. The standard InChI is InChI=1S/C4H11N.5C2H4O2.2H3N.5Na/c1-3-5-4-2;5*1-2(3)4;;;;;;;/h5H,3-4H2,1-2H3;5*1H3,(H,3,4);2*1H3;;;;;/q;;;;;;;;5*+1/p-5. The molecule has 0 aliphatic rings. The Hall–Kier alpha value is 2.23. The fraction of sp³-hybridized carbons (Fsp3) is 0.643. The van der Waals surface area contributed by atoms with Crippen LogP contribution in [0.15, 0.2) is 0 Å². The normalized spacial score (nSPS) is 5.22. The van der Waals surface area contributed by atoms with Crippen molar-refractivity contribution in [2.75, 3.05) is 13.1 Å². The molecule has 0 heterocycles. The molecule has 7 N–H and O–H groups in total. The molecule has 0 fully saturated rings. The molecule has 0 amide bonds. The number of hydrogen-bond acceptors (Lipinski definition) is 13. The van der Waals surface area contributed by atoms with E-state index < -0.39 is 29.8 Å². The van der Waals surface area contributed by atoms with E-state index in [0.717, 1.165) is 47.7 Å². The second-order valence-corrected chi connectivity index (χ2v) is 3.42. The van der Waals surface area contributed by atoms with Crippen LogP contribution in [0.4, 0.5) is 0 Å². The monoisotopic (exact) mass is 517 g/mol. The van der Waals surface area contributed by atoms with Crippen molar-refractivity contribution in [2.24, 2.45) is 0 Å². The Balaban J connectivity index is -0.0000000118. The van der Waals surface area contributed by atoms with Crippen LogP contribution in [-0.4, -0.2) is 42.9 Å². The van der Waals surface area contributed by atoms with Crippen molar-refractivity contribution in [3.63, 3.8) is 0 Å². The van der Waals surface area contributed by atoms with Crippen molar-refractivity contribution in [2.45, 2.75) is 48.5 Å². The molecule has 18 heteroatoms. The van der Waals surface area contributed by atoms with E-state index in [1.165, 1.54) is 0 Å². The van der Waals surface area contributed by atoms with Crippen molar-refractivity contribution < 1.29 is 197 Å². The maximum absolute atomic E-state index is 8.89. The first-order valence-corrected chi connectivity index (χ1v) is 6.66. The van der Waals surface area contributed by atoms with Crippen LogP contribution in [0, 0.1) is 0 Å². The van der Waals surface area contributed by atoms with E-state index in [2.05, 4.69) is 19.2 Å². The fourth-order valence-corrected chi connectivity index (χ4v) is 0.250. The van der Waals surface area contributed by atoms with E-state index >= 15 is 0 Å². The summed E-state index contributed by atoms with van der Waals surface area (Å²) in [5, 5.41) is 47.6. The van der Waals surface area contributed by atoms with Crippen molar-refractivity contribution >= 4 is 29.8 Å². The van der Waals surface area contributed by atoms with Gasteiger partial charge >= 0.3 is 148 Å². The SMILES string of the molecule is CC(=O)[O-].CC(=O)[O-].CC(=O)[O-].CC(=O)[O-].CC(=O)[O-].CCNCC.N.N.[Na+].[Na+].[Na+].[Na+].[Na+].